The molecule has 0 saturated carbocycles. The molecule has 1 heterocycles. The fourth-order valence-electron chi connectivity index (χ4n) is 1.86. The SMILES string of the molecule is CCC(C)(C)c1ccc(C(=O)c2ccc(Cl)s2)cc1. The van der Waals surface area contributed by atoms with E-state index in [9.17, 15) is 4.79 Å². The predicted octanol–water partition coefficient (Wildman–Crippen LogP) is 5.32. The van der Waals surface area contributed by atoms with Gasteiger partial charge < -0.3 is 0 Å². The Morgan fingerprint density at radius 2 is 1.79 bits per heavy atom. The largest absolute Gasteiger partial charge is 0.288 e. The van der Waals surface area contributed by atoms with E-state index in [4.69, 9.17) is 11.6 Å². The summed E-state index contributed by atoms with van der Waals surface area (Å²) in [6.45, 7) is 6.60. The Bertz CT molecular complexity index is 581. The Labute approximate surface area is 123 Å². The Balaban J connectivity index is 2.26. The zero-order valence-corrected chi connectivity index (χ0v) is 12.9. The minimum atomic E-state index is 0.0396. The van der Waals surface area contributed by atoms with Crippen molar-refractivity contribution >= 4 is 28.7 Å². The first-order chi connectivity index (χ1) is 8.94. The minimum absolute atomic E-state index is 0.0396. The zero-order valence-electron chi connectivity index (χ0n) is 11.4. The van der Waals surface area contributed by atoms with Crippen LogP contribution >= 0.6 is 22.9 Å². The number of carbonyl (C=O) groups is 1. The lowest BCUT2D eigenvalue weighted by atomic mass is 9.82. The summed E-state index contributed by atoms with van der Waals surface area (Å²) in [5.41, 5.74) is 2.12. The summed E-state index contributed by atoms with van der Waals surface area (Å²) in [5.74, 6) is 0.0396. The smallest absolute Gasteiger partial charge is 0.202 e. The fraction of sp³-hybridized carbons (Fsp3) is 0.312. The van der Waals surface area contributed by atoms with Crippen LogP contribution in [0.25, 0.3) is 0 Å². The summed E-state index contributed by atoms with van der Waals surface area (Å²) >= 11 is 7.18. The Morgan fingerprint density at radius 1 is 1.16 bits per heavy atom. The van der Waals surface area contributed by atoms with Crippen LogP contribution in [-0.4, -0.2) is 5.78 Å². The van der Waals surface area contributed by atoms with Gasteiger partial charge in [-0.15, -0.1) is 11.3 Å². The molecule has 2 aromatic rings. The molecule has 0 saturated heterocycles. The molecule has 0 amide bonds. The highest BCUT2D eigenvalue weighted by Crippen LogP contribution is 2.28. The van der Waals surface area contributed by atoms with Crippen molar-refractivity contribution in [1.82, 2.24) is 0 Å². The summed E-state index contributed by atoms with van der Waals surface area (Å²) in [5, 5.41) is 0. The topological polar surface area (TPSA) is 17.1 Å². The molecule has 0 unspecified atom stereocenters. The maximum atomic E-state index is 12.2. The monoisotopic (exact) mass is 292 g/mol. The number of carbonyl (C=O) groups excluding carboxylic acids is 1. The molecule has 1 aromatic heterocycles. The maximum absolute atomic E-state index is 12.2. The normalized spacial score (nSPS) is 11.6. The van der Waals surface area contributed by atoms with E-state index in [1.54, 1.807) is 12.1 Å². The van der Waals surface area contributed by atoms with E-state index in [2.05, 4.69) is 20.8 Å². The molecule has 0 aliphatic heterocycles. The molecule has 0 atom stereocenters. The quantitative estimate of drug-likeness (QED) is 0.697. The van der Waals surface area contributed by atoms with Crippen LogP contribution in [0.4, 0.5) is 0 Å². The van der Waals surface area contributed by atoms with Crippen LogP contribution in [0.15, 0.2) is 36.4 Å². The number of thiophene rings is 1. The summed E-state index contributed by atoms with van der Waals surface area (Å²) in [7, 11) is 0. The number of rotatable bonds is 4. The van der Waals surface area contributed by atoms with Crippen LogP contribution in [0.3, 0.4) is 0 Å². The van der Waals surface area contributed by atoms with Gasteiger partial charge in [0.05, 0.1) is 9.21 Å². The van der Waals surface area contributed by atoms with Gasteiger partial charge in [0.15, 0.2) is 0 Å². The first-order valence-electron chi connectivity index (χ1n) is 6.34. The molecule has 2 rings (SSSR count). The standard InChI is InChI=1S/C16H17ClOS/c1-4-16(2,3)12-7-5-11(6-8-12)15(18)13-9-10-14(17)19-13/h5-10H,4H2,1-3H3. The number of hydrogen-bond acceptors (Lipinski definition) is 2. The molecular formula is C16H17ClOS. The van der Waals surface area contributed by atoms with Crippen molar-refractivity contribution in [1.29, 1.82) is 0 Å². The third-order valence-electron chi connectivity index (χ3n) is 3.61. The molecule has 100 valence electrons. The van der Waals surface area contributed by atoms with Gasteiger partial charge in [-0.2, -0.15) is 0 Å². The molecule has 1 aromatic carbocycles. The highest BCUT2D eigenvalue weighted by molar-refractivity contribution is 7.18. The second kappa shape index (κ2) is 5.48. The van der Waals surface area contributed by atoms with Gasteiger partial charge in [0.25, 0.3) is 0 Å². The van der Waals surface area contributed by atoms with Gasteiger partial charge in [0, 0.05) is 5.56 Å². The average Bonchev–Trinajstić information content (AvgIpc) is 2.85. The number of hydrogen-bond donors (Lipinski definition) is 0. The molecule has 0 spiro atoms. The van der Waals surface area contributed by atoms with Crippen LogP contribution in [0.2, 0.25) is 4.34 Å². The van der Waals surface area contributed by atoms with Crippen LogP contribution < -0.4 is 0 Å². The molecule has 19 heavy (non-hydrogen) atoms. The number of benzene rings is 1. The summed E-state index contributed by atoms with van der Waals surface area (Å²) in [6, 6.07) is 11.4. The Kier molecular flexibility index (Phi) is 4.12. The van der Waals surface area contributed by atoms with Crippen molar-refractivity contribution in [2.75, 3.05) is 0 Å². The van der Waals surface area contributed by atoms with Crippen LogP contribution in [0.1, 0.15) is 48.0 Å². The Morgan fingerprint density at radius 3 is 2.26 bits per heavy atom. The van der Waals surface area contributed by atoms with Gasteiger partial charge in [0.2, 0.25) is 5.78 Å². The van der Waals surface area contributed by atoms with Gasteiger partial charge in [-0.25, -0.2) is 0 Å². The predicted molar refractivity (Wildman–Crippen MR) is 82.5 cm³/mol. The number of halogens is 1. The van der Waals surface area contributed by atoms with E-state index in [0.29, 0.717) is 14.8 Å². The Hall–Kier alpha value is -1.12. The summed E-state index contributed by atoms with van der Waals surface area (Å²) in [6.07, 6.45) is 1.07. The van der Waals surface area contributed by atoms with Crippen molar-refractivity contribution in [3.05, 3.63) is 56.7 Å². The fourth-order valence-corrected chi connectivity index (χ4v) is 2.86. The van der Waals surface area contributed by atoms with Gasteiger partial charge in [-0.1, -0.05) is 56.6 Å². The average molecular weight is 293 g/mol. The van der Waals surface area contributed by atoms with Gasteiger partial charge in [-0.3, -0.25) is 4.79 Å². The molecule has 0 N–H and O–H groups in total. The highest BCUT2D eigenvalue weighted by Gasteiger charge is 2.18. The molecule has 0 bridgehead atoms. The first-order valence-corrected chi connectivity index (χ1v) is 7.54. The van der Waals surface area contributed by atoms with Gasteiger partial charge >= 0.3 is 0 Å². The van der Waals surface area contributed by atoms with Crippen LogP contribution in [0, 0.1) is 0 Å². The van der Waals surface area contributed by atoms with Crippen molar-refractivity contribution in [3.63, 3.8) is 0 Å². The van der Waals surface area contributed by atoms with Crippen molar-refractivity contribution < 1.29 is 4.79 Å². The molecule has 0 fully saturated rings. The van der Waals surface area contributed by atoms with E-state index >= 15 is 0 Å². The van der Waals surface area contributed by atoms with Crippen molar-refractivity contribution in [2.45, 2.75) is 32.6 Å². The van der Waals surface area contributed by atoms with Gasteiger partial charge in [0.1, 0.15) is 0 Å². The lowest BCUT2D eigenvalue weighted by molar-refractivity contribution is 0.104. The van der Waals surface area contributed by atoms with Crippen LogP contribution in [-0.2, 0) is 5.41 Å². The lowest BCUT2D eigenvalue weighted by Crippen LogP contribution is -2.15. The summed E-state index contributed by atoms with van der Waals surface area (Å²) < 4.78 is 0.645. The second-order valence-electron chi connectivity index (χ2n) is 5.25. The van der Waals surface area contributed by atoms with E-state index in [1.807, 2.05) is 24.3 Å². The van der Waals surface area contributed by atoms with Gasteiger partial charge in [-0.05, 0) is 29.5 Å². The molecule has 0 aliphatic rings. The zero-order chi connectivity index (χ0) is 14.0. The highest BCUT2D eigenvalue weighted by atomic mass is 35.5. The molecule has 0 aliphatic carbocycles. The third kappa shape index (κ3) is 3.07. The molecular weight excluding hydrogens is 276 g/mol. The van der Waals surface area contributed by atoms with E-state index in [0.717, 1.165) is 6.42 Å². The first kappa shape index (κ1) is 14.3. The minimum Gasteiger partial charge on any atom is -0.288 e. The lowest BCUT2D eigenvalue weighted by Gasteiger charge is -2.23. The summed E-state index contributed by atoms with van der Waals surface area (Å²) in [4.78, 5) is 12.9. The van der Waals surface area contributed by atoms with Crippen LogP contribution in [0.5, 0.6) is 0 Å². The number of ketones is 1. The van der Waals surface area contributed by atoms with E-state index in [-0.39, 0.29) is 11.2 Å². The van der Waals surface area contributed by atoms with E-state index in [1.165, 1.54) is 16.9 Å². The van der Waals surface area contributed by atoms with E-state index < -0.39 is 0 Å². The molecule has 0 radical (unpaired) electrons. The van der Waals surface area contributed by atoms with Crippen molar-refractivity contribution in [2.24, 2.45) is 0 Å². The molecule has 3 heteroatoms. The van der Waals surface area contributed by atoms with Crippen molar-refractivity contribution in [3.8, 4) is 0 Å². The molecule has 1 nitrogen and oxygen atoms in total. The second-order valence-corrected chi connectivity index (χ2v) is 6.96. The third-order valence-corrected chi connectivity index (χ3v) is 4.84. The maximum Gasteiger partial charge on any atom is 0.202 e.